The summed E-state index contributed by atoms with van der Waals surface area (Å²) in [6, 6.07) is 0. The zero-order valence-electron chi connectivity index (χ0n) is 16.3. The van der Waals surface area contributed by atoms with Crippen LogP contribution in [0.3, 0.4) is 0 Å². The fraction of sp³-hybridized carbons (Fsp3) is 0.818. The standard InChI is InChI=1S/C22H38O2S/c1-3-4-7-11-19(18(2)23)16-17-21-14-10-13-20(21)12-8-5-6-9-15-22(24)25/h9,15,19-21H,3-8,10-14,16-17H2,1-2H3,(H,24,25)/t19?,20-,21+/m0/s1. The van der Waals surface area contributed by atoms with Gasteiger partial charge < -0.3 is 5.11 Å². The number of allylic oxidation sites excluding steroid dienone is 1. The summed E-state index contributed by atoms with van der Waals surface area (Å²) in [4.78, 5) is 11.9. The molecule has 1 rings (SSSR count). The van der Waals surface area contributed by atoms with Crippen molar-refractivity contribution in [2.75, 3.05) is 0 Å². The molecule has 0 amide bonds. The fourth-order valence-corrected chi connectivity index (χ4v) is 4.43. The Hall–Kier alpha value is -0.700. The highest BCUT2D eigenvalue weighted by Crippen LogP contribution is 2.39. The topological polar surface area (TPSA) is 37.3 Å². The minimum absolute atomic E-state index is 0.0187. The van der Waals surface area contributed by atoms with Gasteiger partial charge in [-0.3, -0.25) is 4.79 Å². The lowest BCUT2D eigenvalue weighted by Gasteiger charge is -2.22. The van der Waals surface area contributed by atoms with Crippen LogP contribution in [-0.4, -0.2) is 15.9 Å². The van der Waals surface area contributed by atoms with Gasteiger partial charge in [-0.25, -0.2) is 0 Å². The molecule has 0 aliphatic heterocycles. The van der Waals surface area contributed by atoms with Crippen LogP contribution in [0.1, 0.15) is 97.3 Å². The largest absolute Gasteiger partial charge is 0.499 e. The molecule has 0 spiro atoms. The van der Waals surface area contributed by atoms with Crippen molar-refractivity contribution in [1.29, 1.82) is 0 Å². The number of unbranched alkanes of at least 4 members (excludes halogenated alkanes) is 4. The highest BCUT2D eigenvalue weighted by molar-refractivity contribution is 7.80. The van der Waals surface area contributed by atoms with Crippen LogP contribution < -0.4 is 0 Å². The summed E-state index contributed by atoms with van der Waals surface area (Å²) in [7, 11) is 0. The summed E-state index contributed by atoms with van der Waals surface area (Å²) in [6.45, 7) is 4.01. The molecule has 0 saturated heterocycles. The number of rotatable bonds is 14. The van der Waals surface area contributed by atoms with Gasteiger partial charge >= 0.3 is 0 Å². The highest BCUT2D eigenvalue weighted by atomic mass is 32.1. The lowest BCUT2D eigenvalue weighted by atomic mass is 9.83. The maximum atomic E-state index is 11.9. The quantitative estimate of drug-likeness (QED) is 0.205. The molecule has 3 atom stereocenters. The summed E-state index contributed by atoms with van der Waals surface area (Å²) in [6.07, 6.45) is 19.6. The molecular weight excluding hydrogens is 328 g/mol. The van der Waals surface area contributed by atoms with Gasteiger partial charge in [0, 0.05) is 5.92 Å². The van der Waals surface area contributed by atoms with E-state index in [1.165, 1.54) is 64.2 Å². The SMILES string of the molecule is CCCCCC(CC[C@H]1CCC[C@@H]1CCCCC=CC(O)=S)C(C)=O. The molecule has 1 N–H and O–H groups in total. The number of hydrogen-bond acceptors (Lipinski definition) is 2. The molecule has 0 heterocycles. The minimum Gasteiger partial charge on any atom is -0.499 e. The molecule has 1 unspecified atom stereocenters. The van der Waals surface area contributed by atoms with Crippen LogP contribution >= 0.6 is 12.2 Å². The molecule has 1 aliphatic carbocycles. The van der Waals surface area contributed by atoms with Crippen molar-refractivity contribution in [1.82, 2.24) is 0 Å². The maximum absolute atomic E-state index is 11.9. The van der Waals surface area contributed by atoms with Crippen molar-refractivity contribution < 1.29 is 9.90 Å². The Morgan fingerprint density at radius 1 is 1.12 bits per heavy atom. The number of thiocarbonyl (C=S) groups is 1. The Kier molecular flexibility index (Phi) is 12.1. The molecule has 1 fully saturated rings. The third-order valence-electron chi connectivity index (χ3n) is 5.89. The van der Waals surface area contributed by atoms with Crippen molar-refractivity contribution >= 4 is 23.1 Å². The Morgan fingerprint density at radius 2 is 1.84 bits per heavy atom. The molecule has 0 aromatic carbocycles. The van der Waals surface area contributed by atoms with Crippen molar-refractivity contribution in [3.8, 4) is 0 Å². The van der Waals surface area contributed by atoms with E-state index in [4.69, 9.17) is 5.11 Å². The van der Waals surface area contributed by atoms with E-state index < -0.39 is 0 Å². The van der Waals surface area contributed by atoms with Gasteiger partial charge in [0.1, 0.15) is 5.78 Å². The molecule has 0 aromatic heterocycles. The fourth-order valence-electron chi connectivity index (χ4n) is 4.33. The van der Waals surface area contributed by atoms with E-state index in [2.05, 4.69) is 19.1 Å². The Labute approximate surface area is 160 Å². The first-order chi connectivity index (χ1) is 12.0. The normalized spacial score (nSPS) is 21.7. The average Bonchev–Trinajstić information content (AvgIpc) is 3.00. The number of ketones is 1. The second-order valence-electron chi connectivity index (χ2n) is 7.86. The van der Waals surface area contributed by atoms with Crippen molar-refractivity contribution in [3.63, 3.8) is 0 Å². The monoisotopic (exact) mass is 366 g/mol. The third-order valence-corrected chi connectivity index (χ3v) is 6.03. The van der Waals surface area contributed by atoms with E-state index in [-0.39, 0.29) is 5.05 Å². The second-order valence-corrected chi connectivity index (χ2v) is 8.28. The second kappa shape index (κ2) is 13.5. The number of carbonyl (C=O) groups is 1. The summed E-state index contributed by atoms with van der Waals surface area (Å²) >= 11 is 4.62. The van der Waals surface area contributed by atoms with Crippen LogP contribution in [0, 0.1) is 17.8 Å². The average molecular weight is 367 g/mol. The van der Waals surface area contributed by atoms with Gasteiger partial charge in [0.25, 0.3) is 0 Å². The van der Waals surface area contributed by atoms with Crippen molar-refractivity contribution in [2.24, 2.45) is 17.8 Å². The first kappa shape index (κ1) is 22.3. The van der Waals surface area contributed by atoms with Crippen LogP contribution in [0.2, 0.25) is 0 Å². The molecule has 3 heteroatoms. The lowest BCUT2D eigenvalue weighted by molar-refractivity contribution is -0.121. The minimum atomic E-state index is -0.0187. The summed E-state index contributed by atoms with van der Waals surface area (Å²) in [5.74, 6) is 2.42. The lowest BCUT2D eigenvalue weighted by Crippen LogP contribution is -2.15. The van der Waals surface area contributed by atoms with Gasteiger partial charge in [0.2, 0.25) is 0 Å². The molecule has 144 valence electrons. The van der Waals surface area contributed by atoms with E-state index in [1.54, 1.807) is 13.0 Å². The molecule has 0 bridgehead atoms. The maximum Gasteiger partial charge on any atom is 0.180 e. The Morgan fingerprint density at radius 3 is 2.48 bits per heavy atom. The van der Waals surface area contributed by atoms with Crippen LogP contribution in [-0.2, 0) is 4.79 Å². The molecule has 25 heavy (non-hydrogen) atoms. The first-order valence-corrected chi connectivity index (χ1v) is 10.8. The number of carbonyl (C=O) groups excluding carboxylic acids is 1. The van der Waals surface area contributed by atoms with Gasteiger partial charge in [0.15, 0.2) is 5.05 Å². The van der Waals surface area contributed by atoms with Crippen LogP contribution in [0.5, 0.6) is 0 Å². The van der Waals surface area contributed by atoms with Gasteiger partial charge in [-0.15, -0.1) is 0 Å². The van der Waals surface area contributed by atoms with Gasteiger partial charge in [-0.1, -0.05) is 64.4 Å². The zero-order valence-corrected chi connectivity index (χ0v) is 17.2. The van der Waals surface area contributed by atoms with Gasteiger partial charge in [-0.2, -0.15) is 0 Å². The number of aliphatic hydroxyl groups excluding tert-OH is 1. The highest BCUT2D eigenvalue weighted by Gasteiger charge is 2.27. The van der Waals surface area contributed by atoms with Gasteiger partial charge in [0.05, 0.1) is 0 Å². The van der Waals surface area contributed by atoms with E-state index in [9.17, 15) is 4.79 Å². The van der Waals surface area contributed by atoms with E-state index in [0.29, 0.717) is 11.7 Å². The zero-order chi connectivity index (χ0) is 18.5. The summed E-state index contributed by atoms with van der Waals surface area (Å²) in [5, 5.41) is 8.93. The van der Waals surface area contributed by atoms with Gasteiger partial charge in [-0.05, 0) is 69.2 Å². The van der Waals surface area contributed by atoms with Crippen LogP contribution in [0.4, 0.5) is 0 Å². The Bertz CT molecular complexity index is 416. The molecule has 2 nitrogen and oxygen atoms in total. The smallest absolute Gasteiger partial charge is 0.180 e. The van der Waals surface area contributed by atoms with E-state index in [0.717, 1.165) is 31.1 Å². The Balaban J connectivity index is 2.26. The molecule has 1 aliphatic rings. The van der Waals surface area contributed by atoms with E-state index >= 15 is 0 Å². The number of aliphatic hydroxyl groups is 1. The molecule has 1 saturated carbocycles. The van der Waals surface area contributed by atoms with Crippen LogP contribution in [0.25, 0.3) is 0 Å². The third kappa shape index (κ3) is 10.1. The van der Waals surface area contributed by atoms with Crippen molar-refractivity contribution in [3.05, 3.63) is 12.2 Å². The molecule has 0 radical (unpaired) electrons. The van der Waals surface area contributed by atoms with Crippen molar-refractivity contribution in [2.45, 2.75) is 97.3 Å². The summed E-state index contributed by atoms with van der Waals surface area (Å²) in [5.41, 5.74) is 0. The predicted octanol–water partition coefficient (Wildman–Crippen LogP) is 6.97. The van der Waals surface area contributed by atoms with Crippen LogP contribution in [0.15, 0.2) is 12.2 Å². The molecular formula is C22H38O2S. The number of Topliss-reactive ketones (excluding diaryl/α,β-unsaturated/α-hetero) is 1. The predicted molar refractivity (Wildman–Crippen MR) is 111 cm³/mol. The molecule has 0 aromatic rings. The first-order valence-electron chi connectivity index (χ1n) is 10.4. The number of hydrogen-bond donors (Lipinski definition) is 1. The van der Waals surface area contributed by atoms with E-state index in [1.807, 2.05) is 6.08 Å². The summed E-state index contributed by atoms with van der Waals surface area (Å²) < 4.78 is 0.